The van der Waals surface area contributed by atoms with Gasteiger partial charge in [0.2, 0.25) is 0 Å². The van der Waals surface area contributed by atoms with Gasteiger partial charge in [0.05, 0.1) is 11.3 Å². The molecule has 2 aromatic heterocycles. The summed E-state index contributed by atoms with van der Waals surface area (Å²) < 4.78 is 13.5. The predicted molar refractivity (Wildman–Crippen MR) is 85.6 cm³/mol. The lowest BCUT2D eigenvalue weighted by Gasteiger charge is -2.11. The van der Waals surface area contributed by atoms with Crippen LogP contribution >= 0.6 is 0 Å². The zero-order valence-electron chi connectivity index (χ0n) is 13.2. The first-order chi connectivity index (χ1) is 10.4. The van der Waals surface area contributed by atoms with E-state index in [1.54, 1.807) is 12.3 Å². The predicted octanol–water partition coefficient (Wildman–Crippen LogP) is 4.58. The van der Waals surface area contributed by atoms with Crippen LogP contribution in [-0.2, 0) is 0 Å². The minimum absolute atomic E-state index is 0.470. The normalized spacial score (nSPS) is 13.3. The van der Waals surface area contributed by atoms with Crippen molar-refractivity contribution >= 4 is 11.1 Å². The van der Waals surface area contributed by atoms with Crippen LogP contribution in [0.15, 0.2) is 30.6 Å². The minimum Gasteiger partial charge on any atom is -0.261 e. The molecule has 0 fully saturated rings. The van der Waals surface area contributed by atoms with Crippen LogP contribution in [0.2, 0.25) is 0 Å². The summed E-state index contributed by atoms with van der Waals surface area (Å²) in [6.07, 6.45) is 2.15. The molecule has 0 saturated heterocycles. The fourth-order valence-corrected chi connectivity index (χ4v) is 2.18. The highest BCUT2D eigenvalue weighted by Gasteiger charge is 2.14. The molecular formula is C18H18FN3. The van der Waals surface area contributed by atoms with Crippen molar-refractivity contribution < 1.29 is 4.39 Å². The van der Waals surface area contributed by atoms with Crippen LogP contribution in [0.4, 0.5) is 4.39 Å². The van der Waals surface area contributed by atoms with Gasteiger partial charge in [0.25, 0.3) is 0 Å². The van der Waals surface area contributed by atoms with Gasteiger partial charge in [0.1, 0.15) is 12.2 Å². The Morgan fingerprint density at radius 2 is 1.95 bits per heavy atom. The number of nitrogens with zero attached hydrogens (tertiary/aromatic N) is 3. The maximum Gasteiger partial charge on any atom is 0.124 e. The summed E-state index contributed by atoms with van der Waals surface area (Å²) in [7, 11) is 0. The Balaban J connectivity index is 2.61. The van der Waals surface area contributed by atoms with Crippen LogP contribution in [-0.4, -0.2) is 9.97 Å². The van der Waals surface area contributed by atoms with Crippen molar-refractivity contribution in [3.63, 3.8) is 0 Å². The number of pyridine rings is 2. The van der Waals surface area contributed by atoms with Crippen molar-refractivity contribution in [3.8, 4) is 6.07 Å². The van der Waals surface area contributed by atoms with E-state index in [1.165, 1.54) is 13.1 Å². The van der Waals surface area contributed by atoms with Crippen LogP contribution < -0.4 is 0 Å². The molecule has 0 aliphatic heterocycles. The standard InChI is InChI=1S/C18H18FN3/c1-11-5-6-18(22-9-11)12(2)17(8-20)16-7-15(13(3)19)10-21-14(16)4/h5-7,9-10,13H,1-4H3/b17-12+. The van der Waals surface area contributed by atoms with E-state index >= 15 is 0 Å². The third-order valence-corrected chi connectivity index (χ3v) is 3.62. The molecular weight excluding hydrogens is 277 g/mol. The molecule has 0 aliphatic carbocycles. The van der Waals surface area contributed by atoms with Crippen LogP contribution in [0.3, 0.4) is 0 Å². The molecule has 0 spiro atoms. The molecule has 0 bridgehead atoms. The van der Waals surface area contributed by atoms with Gasteiger partial charge in [-0.15, -0.1) is 0 Å². The number of rotatable bonds is 3. The summed E-state index contributed by atoms with van der Waals surface area (Å²) in [5, 5.41) is 9.56. The van der Waals surface area contributed by atoms with Gasteiger partial charge >= 0.3 is 0 Å². The molecule has 0 saturated carbocycles. The molecule has 22 heavy (non-hydrogen) atoms. The van der Waals surface area contributed by atoms with Crippen molar-refractivity contribution in [2.24, 2.45) is 0 Å². The highest BCUT2D eigenvalue weighted by molar-refractivity contribution is 5.96. The third-order valence-electron chi connectivity index (χ3n) is 3.62. The van der Waals surface area contributed by atoms with Crippen LogP contribution in [0.5, 0.6) is 0 Å². The number of hydrogen-bond acceptors (Lipinski definition) is 3. The van der Waals surface area contributed by atoms with Gasteiger partial charge in [-0.25, -0.2) is 4.39 Å². The molecule has 2 aromatic rings. The number of aromatic nitrogens is 2. The summed E-state index contributed by atoms with van der Waals surface area (Å²) in [6.45, 7) is 7.08. The zero-order chi connectivity index (χ0) is 16.3. The van der Waals surface area contributed by atoms with E-state index in [4.69, 9.17) is 0 Å². The average Bonchev–Trinajstić information content (AvgIpc) is 2.50. The fraction of sp³-hybridized carbons (Fsp3) is 0.278. The SMILES string of the molecule is C/C(=C(/C#N)c1cc(C(C)F)cnc1C)c1ccc(C)cn1. The van der Waals surface area contributed by atoms with Crippen LogP contribution in [0.1, 0.15) is 48.1 Å². The summed E-state index contributed by atoms with van der Waals surface area (Å²) in [5.74, 6) is 0. The quantitative estimate of drug-likeness (QED) is 0.779. The monoisotopic (exact) mass is 295 g/mol. The van der Waals surface area contributed by atoms with Crippen molar-refractivity contribution in [2.75, 3.05) is 0 Å². The van der Waals surface area contributed by atoms with Crippen molar-refractivity contribution in [3.05, 3.63) is 58.7 Å². The van der Waals surface area contributed by atoms with Crippen molar-refractivity contribution in [2.45, 2.75) is 33.9 Å². The lowest BCUT2D eigenvalue weighted by atomic mass is 9.96. The Bertz CT molecular complexity index is 753. The summed E-state index contributed by atoms with van der Waals surface area (Å²) in [4.78, 5) is 8.57. The van der Waals surface area contributed by atoms with Crippen molar-refractivity contribution in [1.29, 1.82) is 5.26 Å². The number of halogens is 1. The van der Waals surface area contributed by atoms with E-state index < -0.39 is 6.17 Å². The molecule has 0 aliphatic rings. The Morgan fingerprint density at radius 1 is 1.23 bits per heavy atom. The number of aryl methyl sites for hydroxylation is 2. The first-order valence-electron chi connectivity index (χ1n) is 7.09. The number of nitriles is 1. The van der Waals surface area contributed by atoms with Gasteiger partial charge in [-0.2, -0.15) is 5.26 Å². The van der Waals surface area contributed by atoms with Gasteiger partial charge in [-0.1, -0.05) is 6.07 Å². The van der Waals surface area contributed by atoms with E-state index in [0.29, 0.717) is 22.4 Å². The first-order valence-corrected chi connectivity index (χ1v) is 7.09. The van der Waals surface area contributed by atoms with E-state index in [9.17, 15) is 9.65 Å². The molecule has 0 amide bonds. The smallest absolute Gasteiger partial charge is 0.124 e. The van der Waals surface area contributed by atoms with Crippen LogP contribution in [0, 0.1) is 25.2 Å². The molecule has 1 atom stereocenters. The lowest BCUT2D eigenvalue weighted by molar-refractivity contribution is 0.373. The largest absolute Gasteiger partial charge is 0.261 e. The summed E-state index contributed by atoms with van der Waals surface area (Å²) >= 11 is 0. The van der Waals surface area contributed by atoms with Gasteiger partial charge in [0.15, 0.2) is 0 Å². The molecule has 1 unspecified atom stereocenters. The van der Waals surface area contributed by atoms with Gasteiger partial charge in [0, 0.05) is 29.2 Å². The highest BCUT2D eigenvalue weighted by atomic mass is 19.1. The van der Waals surface area contributed by atoms with E-state index in [0.717, 1.165) is 16.8 Å². The second-order valence-electron chi connectivity index (χ2n) is 5.35. The molecule has 4 heteroatoms. The number of hydrogen-bond donors (Lipinski definition) is 0. The highest BCUT2D eigenvalue weighted by Crippen LogP contribution is 2.28. The van der Waals surface area contributed by atoms with Crippen LogP contribution in [0.25, 0.3) is 11.1 Å². The number of allylic oxidation sites excluding steroid dienone is 2. The second-order valence-corrected chi connectivity index (χ2v) is 5.35. The molecule has 0 aromatic carbocycles. The van der Waals surface area contributed by atoms with E-state index in [-0.39, 0.29) is 0 Å². The molecule has 112 valence electrons. The molecule has 0 N–H and O–H groups in total. The molecule has 0 radical (unpaired) electrons. The number of alkyl halides is 1. The summed E-state index contributed by atoms with van der Waals surface area (Å²) in [5.41, 5.74) is 4.86. The Labute approximate surface area is 130 Å². The van der Waals surface area contributed by atoms with Crippen molar-refractivity contribution in [1.82, 2.24) is 9.97 Å². The Morgan fingerprint density at radius 3 is 2.50 bits per heavy atom. The maximum atomic E-state index is 13.5. The van der Waals surface area contributed by atoms with E-state index in [2.05, 4.69) is 16.0 Å². The molecule has 2 heterocycles. The molecule has 3 nitrogen and oxygen atoms in total. The topological polar surface area (TPSA) is 49.6 Å². The Kier molecular flexibility index (Phi) is 4.67. The van der Waals surface area contributed by atoms with E-state index in [1.807, 2.05) is 32.9 Å². The minimum atomic E-state index is -1.12. The Hall–Kier alpha value is -2.54. The second kappa shape index (κ2) is 6.48. The maximum absolute atomic E-state index is 13.5. The van der Waals surface area contributed by atoms with Gasteiger partial charge < -0.3 is 0 Å². The third kappa shape index (κ3) is 3.20. The fourth-order valence-electron chi connectivity index (χ4n) is 2.18. The lowest BCUT2D eigenvalue weighted by Crippen LogP contribution is -1.98. The zero-order valence-corrected chi connectivity index (χ0v) is 13.2. The first kappa shape index (κ1) is 15.8. The van der Waals surface area contributed by atoms with Gasteiger partial charge in [-0.05, 0) is 51.0 Å². The van der Waals surface area contributed by atoms with Gasteiger partial charge in [-0.3, -0.25) is 9.97 Å². The average molecular weight is 295 g/mol. The molecule has 2 rings (SSSR count). The summed E-state index contributed by atoms with van der Waals surface area (Å²) in [6, 6.07) is 7.74.